The van der Waals surface area contributed by atoms with Crippen LogP contribution >= 0.6 is 11.6 Å². The third kappa shape index (κ3) is 3.29. The molecule has 0 aliphatic carbocycles. The minimum atomic E-state index is -3.56. The predicted octanol–water partition coefficient (Wildman–Crippen LogP) is 3.81. The summed E-state index contributed by atoms with van der Waals surface area (Å²) in [5.74, 6) is 0.804. The zero-order chi connectivity index (χ0) is 16.4. The largest absolute Gasteiger partial charge is 0.361 e. The van der Waals surface area contributed by atoms with Crippen molar-refractivity contribution in [3.05, 3.63) is 46.8 Å². The van der Waals surface area contributed by atoms with E-state index in [9.17, 15) is 8.42 Å². The second kappa shape index (κ2) is 6.63. The van der Waals surface area contributed by atoms with Gasteiger partial charge in [0, 0.05) is 24.1 Å². The van der Waals surface area contributed by atoms with E-state index in [1.54, 1.807) is 24.3 Å². The van der Waals surface area contributed by atoms with E-state index in [0.29, 0.717) is 17.3 Å². The fraction of sp³-hybridized carbons (Fsp3) is 0.438. The zero-order valence-corrected chi connectivity index (χ0v) is 14.5. The van der Waals surface area contributed by atoms with Crippen LogP contribution in [0.15, 0.2) is 39.8 Å². The number of hydrogen-bond acceptors (Lipinski definition) is 4. The standard InChI is InChI=1S/C16H19ClN2O3S/c1-2-4-13-11-15(18-22-13)16-5-3-10-19(16)23(20,21)14-8-6-12(17)7-9-14/h6-9,11,16H,2-5,10H2,1H3/t16-/m1/s1. The Balaban J connectivity index is 1.89. The van der Waals surface area contributed by atoms with E-state index in [-0.39, 0.29) is 10.9 Å². The first-order valence-corrected chi connectivity index (χ1v) is 9.57. The number of halogens is 1. The van der Waals surface area contributed by atoms with Gasteiger partial charge in [0.1, 0.15) is 11.5 Å². The van der Waals surface area contributed by atoms with Crippen molar-refractivity contribution in [1.82, 2.24) is 9.46 Å². The van der Waals surface area contributed by atoms with E-state index in [2.05, 4.69) is 12.1 Å². The molecule has 0 spiro atoms. The average Bonchev–Trinajstić information content (AvgIpc) is 3.16. The van der Waals surface area contributed by atoms with Crippen molar-refractivity contribution in [2.24, 2.45) is 0 Å². The lowest BCUT2D eigenvalue weighted by atomic mass is 10.1. The summed E-state index contributed by atoms with van der Waals surface area (Å²) in [6.07, 6.45) is 3.34. The molecule has 0 unspecified atom stereocenters. The zero-order valence-electron chi connectivity index (χ0n) is 12.9. The lowest BCUT2D eigenvalue weighted by molar-refractivity contribution is 0.343. The monoisotopic (exact) mass is 354 g/mol. The van der Waals surface area contributed by atoms with Gasteiger partial charge in [0.15, 0.2) is 0 Å². The number of nitrogens with zero attached hydrogens (tertiary/aromatic N) is 2. The second-order valence-corrected chi connectivity index (χ2v) is 8.02. The SMILES string of the molecule is CCCc1cc([C@H]2CCCN2S(=O)(=O)c2ccc(Cl)cc2)no1. The lowest BCUT2D eigenvalue weighted by Crippen LogP contribution is -2.30. The molecular weight excluding hydrogens is 336 g/mol. The van der Waals surface area contributed by atoms with Gasteiger partial charge >= 0.3 is 0 Å². The maximum Gasteiger partial charge on any atom is 0.243 e. The van der Waals surface area contributed by atoms with Crippen LogP contribution in [-0.4, -0.2) is 24.4 Å². The van der Waals surface area contributed by atoms with Gasteiger partial charge in [-0.3, -0.25) is 0 Å². The Morgan fingerprint density at radius 1 is 1.35 bits per heavy atom. The maximum atomic E-state index is 12.9. The molecule has 0 bridgehead atoms. The van der Waals surface area contributed by atoms with Crippen LogP contribution in [-0.2, 0) is 16.4 Å². The van der Waals surface area contributed by atoms with Crippen LogP contribution in [0.3, 0.4) is 0 Å². The Morgan fingerprint density at radius 2 is 2.09 bits per heavy atom. The summed E-state index contributed by atoms with van der Waals surface area (Å²) >= 11 is 5.85. The number of hydrogen-bond donors (Lipinski definition) is 0. The first-order chi connectivity index (χ1) is 11.0. The fourth-order valence-corrected chi connectivity index (χ4v) is 4.71. The Morgan fingerprint density at radius 3 is 2.78 bits per heavy atom. The summed E-state index contributed by atoms with van der Waals surface area (Å²) in [5.41, 5.74) is 0.698. The highest BCUT2D eigenvalue weighted by Crippen LogP contribution is 2.36. The van der Waals surface area contributed by atoms with Crippen molar-refractivity contribution < 1.29 is 12.9 Å². The van der Waals surface area contributed by atoms with Crippen molar-refractivity contribution in [3.63, 3.8) is 0 Å². The highest BCUT2D eigenvalue weighted by molar-refractivity contribution is 7.89. The summed E-state index contributed by atoms with van der Waals surface area (Å²) in [4.78, 5) is 0.256. The van der Waals surface area contributed by atoms with Gasteiger partial charge in [-0.05, 0) is 43.5 Å². The normalized spacial score (nSPS) is 19.3. The van der Waals surface area contributed by atoms with Crippen LogP contribution < -0.4 is 0 Å². The first-order valence-electron chi connectivity index (χ1n) is 7.75. The maximum absolute atomic E-state index is 12.9. The van der Waals surface area contributed by atoms with E-state index in [4.69, 9.17) is 16.1 Å². The highest BCUT2D eigenvalue weighted by Gasteiger charge is 2.37. The Bertz CT molecular complexity index is 771. The molecule has 0 saturated carbocycles. The van der Waals surface area contributed by atoms with Gasteiger partial charge in [-0.15, -0.1) is 0 Å². The molecule has 2 heterocycles. The van der Waals surface area contributed by atoms with Crippen molar-refractivity contribution >= 4 is 21.6 Å². The van der Waals surface area contributed by atoms with E-state index in [1.807, 2.05) is 6.07 Å². The molecule has 124 valence electrons. The molecule has 1 aliphatic rings. The molecule has 1 fully saturated rings. The Kier molecular flexibility index (Phi) is 4.75. The van der Waals surface area contributed by atoms with Crippen LogP contribution in [0, 0.1) is 0 Å². The molecule has 2 aromatic rings. The van der Waals surface area contributed by atoms with Crippen molar-refractivity contribution in [1.29, 1.82) is 0 Å². The Labute approximate surface area is 141 Å². The van der Waals surface area contributed by atoms with Crippen molar-refractivity contribution in [2.45, 2.75) is 43.5 Å². The predicted molar refractivity (Wildman–Crippen MR) is 87.8 cm³/mol. The molecule has 0 N–H and O–H groups in total. The molecule has 1 atom stereocenters. The molecular formula is C16H19ClN2O3S. The number of benzene rings is 1. The van der Waals surface area contributed by atoms with Gasteiger partial charge in [0.05, 0.1) is 10.9 Å². The lowest BCUT2D eigenvalue weighted by Gasteiger charge is -2.22. The molecule has 3 rings (SSSR count). The van der Waals surface area contributed by atoms with Crippen LogP contribution in [0.2, 0.25) is 5.02 Å². The van der Waals surface area contributed by atoms with Crippen molar-refractivity contribution in [2.75, 3.05) is 6.54 Å². The highest BCUT2D eigenvalue weighted by atomic mass is 35.5. The van der Waals surface area contributed by atoms with Gasteiger partial charge in [-0.1, -0.05) is 23.7 Å². The van der Waals surface area contributed by atoms with Gasteiger partial charge in [0.2, 0.25) is 10.0 Å². The molecule has 5 nitrogen and oxygen atoms in total. The average molecular weight is 355 g/mol. The number of rotatable bonds is 5. The van der Waals surface area contributed by atoms with Crippen LogP contribution in [0.1, 0.15) is 43.7 Å². The summed E-state index contributed by atoms with van der Waals surface area (Å²) in [7, 11) is -3.56. The van der Waals surface area contributed by atoms with Crippen LogP contribution in [0.5, 0.6) is 0 Å². The van der Waals surface area contributed by atoms with Gasteiger partial charge < -0.3 is 4.52 Å². The molecule has 1 aliphatic heterocycles. The molecule has 0 amide bonds. The third-order valence-electron chi connectivity index (χ3n) is 4.04. The molecule has 7 heteroatoms. The van der Waals surface area contributed by atoms with Gasteiger partial charge in [0.25, 0.3) is 0 Å². The Hall–Kier alpha value is -1.37. The van der Waals surface area contributed by atoms with E-state index in [1.165, 1.54) is 4.31 Å². The molecule has 0 radical (unpaired) electrons. The molecule has 1 saturated heterocycles. The summed E-state index contributed by atoms with van der Waals surface area (Å²) in [6, 6.07) is 7.88. The fourth-order valence-electron chi connectivity index (χ4n) is 2.92. The van der Waals surface area contributed by atoms with E-state index >= 15 is 0 Å². The quantitative estimate of drug-likeness (QED) is 0.819. The number of sulfonamides is 1. The smallest absolute Gasteiger partial charge is 0.243 e. The molecule has 23 heavy (non-hydrogen) atoms. The van der Waals surface area contributed by atoms with Gasteiger partial charge in [-0.2, -0.15) is 4.31 Å². The minimum Gasteiger partial charge on any atom is -0.361 e. The number of aromatic nitrogens is 1. The summed E-state index contributed by atoms with van der Waals surface area (Å²) in [6.45, 7) is 2.56. The molecule has 1 aromatic carbocycles. The topological polar surface area (TPSA) is 63.4 Å². The van der Waals surface area contributed by atoms with E-state index in [0.717, 1.165) is 31.4 Å². The third-order valence-corrected chi connectivity index (χ3v) is 6.21. The second-order valence-electron chi connectivity index (χ2n) is 5.70. The van der Waals surface area contributed by atoms with Gasteiger partial charge in [-0.25, -0.2) is 8.42 Å². The van der Waals surface area contributed by atoms with Crippen molar-refractivity contribution in [3.8, 4) is 0 Å². The first kappa shape index (κ1) is 16.5. The van der Waals surface area contributed by atoms with Crippen LogP contribution in [0.25, 0.3) is 0 Å². The van der Waals surface area contributed by atoms with Crippen LogP contribution in [0.4, 0.5) is 0 Å². The summed E-state index contributed by atoms with van der Waals surface area (Å²) < 4.78 is 32.6. The minimum absolute atomic E-state index is 0.256. The summed E-state index contributed by atoms with van der Waals surface area (Å²) in [5, 5.41) is 4.60. The molecule has 1 aromatic heterocycles. The van der Waals surface area contributed by atoms with E-state index < -0.39 is 10.0 Å². The number of aryl methyl sites for hydroxylation is 1.